The standard InChI is InChI=1S/C16H18FNO3/c1-19-13-8-7-12(9-15(13)21-3)18-10-11-5-4-6-14(20-2)16(11)17/h4-9,18H,10H2,1-3H3. The van der Waals surface area contributed by atoms with Crippen LogP contribution in [0.2, 0.25) is 0 Å². The first-order valence-corrected chi connectivity index (χ1v) is 6.47. The predicted octanol–water partition coefficient (Wildman–Crippen LogP) is 3.46. The van der Waals surface area contributed by atoms with E-state index < -0.39 is 0 Å². The maximum Gasteiger partial charge on any atom is 0.170 e. The minimum absolute atomic E-state index is 0.238. The van der Waals surface area contributed by atoms with E-state index >= 15 is 0 Å². The molecule has 0 radical (unpaired) electrons. The second-order valence-corrected chi connectivity index (χ2v) is 4.36. The zero-order chi connectivity index (χ0) is 15.2. The summed E-state index contributed by atoms with van der Waals surface area (Å²) in [7, 11) is 4.60. The van der Waals surface area contributed by atoms with Crippen LogP contribution >= 0.6 is 0 Å². The van der Waals surface area contributed by atoms with Gasteiger partial charge >= 0.3 is 0 Å². The number of rotatable bonds is 6. The van der Waals surface area contributed by atoms with E-state index in [9.17, 15) is 4.39 Å². The van der Waals surface area contributed by atoms with E-state index in [4.69, 9.17) is 14.2 Å². The molecule has 0 aliphatic carbocycles. The van der Waals surface area contributed by atoms with Gasteiger partial charge in [0.15, 0.2) is 23.1 Å². The summed E-state index contributed by atoms with van der Waals surface area (Å²) in [6, 6.07) is 10.5. The predicted molar refractivity (Wildman–Crippen MR) is 79.8 cm³/mol. The molecule has 0 spiro atoms. The Hall–Kier alpha value is -2.43. The molecule has 21 heavy (non-hydrogen) atoms. The van der Waals surface area contributed by atoms with Crippen LogP contribution < -0.4 is 19.5 Å². The van der Waals surface area contributed by atoms with Gasteiger partial charge in [0.1, 0.15) is 0 Å². The molecule has 0 bridgehead atoms. The second kappa shape index (κ2) is 6.83. The molecule has 1 N–H and O–H groups in total. The molecule has 0 fully saturated rings. The zero-order valence-corrected chi connectivity index (χ0v) is 12.3. The number of hydrogen-bond donors (Lipinski definition) is 1. The number of halogens is 1. The third kappa shape index (κ3) is 3.37. The first-order valence-electron chi connectivity index (χ1n) is 6.47. The number of nitrogens with one attached hydrogen (secondary N) is 1. The number of anilines is 1. The Morgan fingerprint density at radius 1 is 0.905 bits per heavy atom. The van der Waals surface area contributed by atoms with Crippen LogP contribution in [-0.2, 0) is 6.54 Å². The van der Waals surface area contributed by atoms with E-state index in [-0.39, 0.29) is 11.6 Å². The molecule has 0 unspecified atom stereocenters. The van der Waals surface area contributed by atoms with Gasteiger partial charge in [-0.25, -0.2) is 4.39 Å². The molecule has 4 nitrogen and oxygen atoms in total. The third-order valence-corrected chi connectivity index (χ3v) is 3.13. The van der Waals surface area contributed by atoms with Gasteiger partial charge in [-0.1, -0.05) is 12.1 Å². The van der Waals surface area contributed by atoms with Gasteiger partial charge in [0.2, 0.25) is 0 Å². The van der Waals surface area contributed by atoms with Gasteiger partial charge in [-0.3, -0.25) is 0 Å². The Labute approximate surface area is 123 Å². The van der Waals surface area contributed by atoms with Crippen LogP contribution in [-0.4, -0.2) is 21.3 Å². The second-order valence-electron chi connectivity index (χ2n) is 4.36. The van der Waals surface area contributed by atoms with Gasteiger partial charge in [-0.15, -0.1) is 0 Å². The lowest BCUT2D eigenvalue weighted by Crippen LogP contribution is -2.03. The van der Waals surface area contributed by atoms with Gasteiger partial charge < -0.3 is 19.5 Å². The Morgan fingerprint density at radius 2 is 1.62 bits per heavy atom. The lowest BCUT2D eigenvalue weighted by Gasteiger charge is -2.12. The summed E-state index contributed by atoms with van der Waals surface area (Å²) in [5, 5.41) is 3.15. The largest absolute Gasteiger partial charge is 0.494 e. The summed E-state index contributed by atoms with van der Waals surface area (Å²) in [6.45, 7) is 0.346. The topological polar surface area (TPSA) is 39.7 Å². The van der Waals surface area contributed by atoms with E-state index in [1.807, 2.05) is 6.07 Å². The van der Waals surface area contributed by atoms with Crippen molar-refractivity contribution in [3.8, 4) is 17.2 Å². The molecule has 2 aromatic rings. The molecule has 0 aliphatic rings. The fourth-order valence-electron chi connectivity index (χ4n) is 1.99. The SMILES string of the molecule is COc1ccc(NCc2cccc(OC)c2F)cc1OC. The third-order valence-electron chi connectivity index (χ3n) is 3.13. The highest BCUT2D eigenvalue weighted by Gasteiger charge is 2.09. The lowest BCUT2D eigenvalue weighted by atomic mass is 10.2. The molecule has 112 valence electrons. The van der Waals surface area contributed by atoms with Crippen molar-refractivity contribution in [3.05, 3.63) is 47.8 Å². The van der Waals surface area contributed by atoms with Crippen LogP contribution in [0.1, 0.15) is 5.56 Å². The Kier molecular flexibility index (Phi) is 4.87. The van der Waals surface area contributed by atoms with Crippen molar-refractivity contribution >= 4 is 5.69 Å². The van der Waals surface area contributed by atoms with E-state index in [0.29, 0.717) is 23.6 Å². The highest BCUT2D eigenvalue weighted by Crippen LogP contribution is 2.30. The Balaban J connectivity index is 2.13. The van der Waals surface area contributed by atoms with Gasteiger partial charge in [0, 0.05) is 23.9 Å². The van der Waals surface area contributed by atoms with Crippen molar-refractivity contribution in [2.45, 2.75) is 6.54 Å². The Bertz CT molecular complexity index is 616. The van der Waals surface area contributed by atoms with Gasteiger partial charge in [0.25, 0.3) is 0 Å². The van der Waals surface area contributed by atoms with Crippen LogP contribution in [0.25, 0.3) is 0 Å². The monoisotopic (exact) mass is 291 g/mol. The van der Waals surface area contributed by atoms with Crippen molar-refractivity contribution in [1.29, 1.82) is 0 Å². The van der Waals surface area contributed by atoms with Gasteiger partial charge in [-0.05, 0) is 18.2 Å². The smallest absolute Gasteiger partial charge is 0.170 e. The average Bonchev–Trinajstić information content (AvgIpc) is 2.53. The highest BCUT2D eigenvalue weighted by atomic mass is 19.1. The van der Waals surface area contributed by atoms with Crippen molar-refractivity contribution in [3.63, 3.8) is 0 Å². The first-order chi connectivity index (χ1) is 10.2. The molecule has 0 amide bonds. The van der Waals surface area contributed by atoms with Crippen LogP contribution in [0.4, 0.5) is 10.1 Å². The molecule has 0 heterocycles. The fourth-order valence-corrected chi connectivity index (χ4v) is 1.99. The Morgan fingerprint density at radius 3 is 2.29 bits per heavy atom. The molecule has 0 saturated heterocycles. The van der Waals surface area contributed by atoms with E-state index in [1.54, 1.807) is 44.6 Å². The zero-order valence-electron chi connectivity index (χ0n) is 12.3. The normalized spacial score (nSPS) is 10.1. The molecule has 2 rings (SSSR count). The summed E-state index contributed by atoms with van der Waals surface area (Å²) >= 11 is 0. The number of ether oxygens (including phenoxy) is 3. The molecule has 0 saturated carbocycles. The number of benzene rings is 2. The number of hydrogen-bond acceptors (Lipinski definition) is 4. The summed E-state index contributed by atoms with van der Waals surface area (Å²) in [4.78, 5) is 0. The molecule has 2 aromatic carbocycles. The lowest BCUT2D eigenvalue weighted by molar-refractivity contribution is 0.355. The van der Waals surface area contributed by atoms with Gasteiger partial charge in [0.05, 0.1) is 21.3 Å². The molecule has 0 aromatic heterocycles. The maximum absolute atomic E-state index is 14.0. The summed E-state index contributed by atoms with van der Waals surface area (Å²) in [5.74, 6) is 1.15. The molecule has 0 aliphatic heterocycles. The quantitative estimate of drug-likeness (QED) is 0.884. The summed E-state index contributed by atoms with van der Waals surface area (Å²) in [5.41, 5.74) is 1.35. The van der Waals surface area contributed by atoms with Crippen LogP contribution in [0.3, 0.4) is 0 Å². The molecule has 5 heteroatoms. The van der Waals surface area contributed by atoms with E-state index in [2.05, 4.69) is 5.32 Å². The van der Waals surface area contributed by atoms with E-state index in [1.165, 1.54) is 7.11 Å². The van der Waals surface area contributed by atoms with Crippen molar-refractivity contribution < 1.29 is 18.6 Å². The van der Waals surface area contributed by atoms with Crippen LogP contribution in [0.5, 0.6) is 17.2 Å². The van der Waals surface area contributed by atoms with Crippen molar-refractivity contribution in [2.24, 2.45) is 0 Å². The maximum atomic E-state index is 14.0. The van der Waals surface area contributed by atoms with Crippen molar-refractivity contribution in [1.82, 2.24) is 0 Å². The minimum Gasteiger partial charge on any atom is -0.494 e. The molecular formula is C16H18FNO3. The van der Waals surface area contributed by atoms with Crippen LogP contribution in [0.15, 0.2) is 36.4 Å². The first kappa shape index (κ1) is 15.0. The minimum atomic E-state index is -0.354. The number of methoxy groups -OCH3 is 3. The fraction of sp³-hybridized carbons (Fsp3) is 0.250. The molecule has 0 atom stereocenters. The average molecular weight is 291 g/mol. The summed E-state index contributed by atoms with van der Waals surface area (Å²) < 4.78 is 29.4. The summed E-state index contributed by atoms with van der Waals surface area (Å²) in [6.07, 6.45) is 0. The molecular weight excluding hydrogens is 273 g/mol. The van der Waals surface area contributed by atoms with Gasteiger partial charge in [-0.2, -0.15) is 0 Å². The van der Waals surface area contributed by atoms with Crippen LogP contribution in [0, 0.1) is 5.82 Å². The van der Waals surface area contributed by atoms with E-state index in [0.717, 1.165) is 5.69 Å². The highest BCUT2D eigenvalue weighted by molar-refractivity contribution is 5.55. The van der Waals surface area contributed by atoms with Crippen molar-refractivity contribution in [2.75, 3.05) is 26.6 Å².